The highest BCUT2D eigenvalue weighted by atomic mass is 16.5. The average Bonchev–Trinajstić information content (AvgIpc) is 2.43. The molecule has 1 aromatic carbocycles. The van der Waals surface area contributed by atoms with E-state index in [9.17, 15) is 4.79 Å². The Morgan fingerprint density at radius 1 is 1.30 bits per heavy atom. The zero-order chi connectivity index (χ0) is 14.1. The van der Waals surface area contributed by atoms with Gasteiger partial charge in [0.05, 0.1) is 5.69 Å². The van der Waals surface area contributed by atoms with Crippen molar-refractivity contribution in [3.8, 4) is 5.75 Å². The first kappa shape index (κ1) is 13.2. The molecule has 1 aliphatic carbocycles. The summed E-state index contributed by atoms with van der Waals surface area (Å²) >= 11 is 0. The minimum absolute atomic E-state index is 0.0988. The van der Waals surface area contributed by atoms with Crippen LogP contribution >= 0.6 is 0 Å². The zero-order valence-corrected chi connectivity index (χ0v) is 11.7. The van der Waals surface area contributed by atoms with Gasteiger partial charge in [0.25, 0.3) is 5.91 Å². The Bertz CT molecular complexity index is 510. The highest BCUT2D eigenvalue weighted by molar-refractivity contribution is 5.98. The third kappa shape index (κ3) is 2.72. The van der Waals surface area contributed by atoms with Crippen molar-refractivity contribution in [2.24, 2.45) is 5.73 Å². The first-order chi connectivity index (χ1) is 9.61. The molecule has 0 aromatic heterocycles. The quantitative estimate of drug-likeness (QED) is 0.772. The number of hydrogen-bond donors (Lipinski definition) is 3. The van der Waals surface area contributed by atoms with Crippen molar-refractivity contribution in [1.29, 1.82) is 0 Å². The Labute approximate surface area is 118 Å². The Morgan fingerprint density at radius 3 is 2.80 bits per heavy atom. The van der Waals surface area contributed by atoms with Crippen LogP contribution in [0.2, 0.25) is 0 Å². The highest BCUT2D eigenvalue weighted by Crippen LogP contribution is 2.33. The lowest BCUT2D eigenvalue weighted by atomic mass is 9.91. The van der Waals surface area contributed by atoms with Crippen LogP contribution in [0.3, 0.4) is 0 Å². The maximum Gasteiger partial charge on any atom is 0.265 e. The maximum atomic E-state index is 11.6. The van der Waals surface area contributed by atoms with Gasteiger partial charge in [-0.15, -0.1) is 0 Å². The number of carbonyl (C=O) groups excluding carboxylic acids is 1. The van der Waals surface area contributed by atoms with Gasteiger partial charge in [0, 0.05) is 17.8 Å². The Hall–Kier alpha value is -1.75. The predicted octanol–water partition coefficient (Wildman–Crippen LogP) is 2.09. The van der Waals surface area contributed by atoms with Crippen LogP contribution in [-0.4, -0.2) is 24.1 Å². The molecule has 1 saturated carbocycles. The van der Waals surface area contributed by atoms with Crippen molar-refractivity contribution in [3.05, 3.63) is 18.2 Å². The maximum absolute atomic E-state index is 11.6. The fourth-order valence-corrected chi connectivity index (χ4v) is 2.80. The second-order valence-electron chi connectivity index (χ2n) is 5.72. The van der Waals surface area contributed by atoms with Gasteiger partial charge in [-0.05, 0) is 50.8 Å². The number of nitrogens with one attached hydrogen (secondary N) is 2. The van der Waals surface area contributed by atoms with Crippen LogP contribution in [0.1, 0.15) is 32.6 Å². The lowest BCUT2D eigenvalue weighted by Crippen LogP contribution is -2.34. The normalized spacial score (nSPS) is 29.1. The van der Waals surface area contributed by atoms with Gasteiger partial charge in [-0.3, -0.25) is 4.79 Å². The number of nitrogens with two attached hydrogens (primary N) is 1. The molecule has 0 saturated heterocycles. The van der Waals surface area contributed by atoms with Gasteiger partial charge in [-0.1, -0.05) is 0 Å². The molecular formula is C15H21N3O2. The SMILES string of the molecule is CC1Oc2ccc(NC3CCC(N)CC3)cc2NC1=O. The largest absolute Gasteiger partial charge is 0.479 e. The molecule has 1 aromatic rings. The number of rotatable bonds is 2. The highest BCUT2D eigenvalue weighted by Gasteiger charge is 2.24. The molecule has 1 aliphatic heterocycles. The van der Waals surface area contributed by atoms with Crippen molar-refractivity contribution in [2.45, 2.75) is 50.8 Å². The molecule has 0 spiro atoms. The third-order valence-corrected chi connectivity index (χ3v) is 4.05. The molecular weight excluding hydrogens is 254 g/mol. The number of carbonyl (C=O) groups is 1. The summed E-state index contributed by atoms with van der Waals surface area (Å²) in [5.41, 5.74) is 7.68. The van der Waals surface area contributed by atoms with Crippen molar-refractivity contribution in [2.75, 3.05) is 10.6 Å². The summed E-state index contributed by atoms with van der Waals surface area (Å²) in [5.74, 6) is 0.631. The molecule has 5 nitrogen and oxygen atoms in total. The second-order valence-corrected chi connectivity index (χ2v) is 5.72. The lowest BCUT2D eigenvalue weighted by Gasteiger charge is -2.28. The van der Waals surface area contributed by atoms with Crippen LogP contribution < -0.4 is 21.1 Å². The van der Waals surface area contributed by atoms with E-state index in [-0.39, 0.29) is 5.91 Å². The van der Waals surface area contributed by atoms with Crippen LogP contribution in [-0.2, 0) is 4.79 Å². The van der Waals surface area contributed by atoms with Gasteiger partial charge in [0.15, 0.2) is 6.10 Å². The summed E-state index contributed by atoms with van der Waals surface area (Å²) < 4.78 is 5.55. The first-order valence-electron chi connectivity index (χ1n) is 7.25. The Balaban J connectivity index is 1.69. The number of hydrogen-bond acceptors (Lipinski definition) is 4. The summed E-state index contributed by atoms with van der Waals surface area (Å²) in [5, 5.41) is 6.39. The summed E-state index contributed by atoms with van der Waals surface area (Å²) in [4.78, 5) is 11.6. The molecule has 2 aliphatic rings. The lowest BCUT2D eigenvalue weighted by molar-refractivity contribution is -0.122. The van der Waals surface area contributed by atoms with E-state index < -0.39 is 6.10 Å². The monoisotopic (exact) mass is 275 g/mol. The number of amides is 1. The standard InChI is InChI=1S/C15H21N3O2/c1-9-15(19)18-13-8-12(6-7-14(13)20-9)17-11-4-2-10(16)3-5-11/h6-11,17H,2-5,16H2,1H3,(H,18,19). The van der Waals surface area contributed by atoms with Crippen molar-refractivity contribution < 1.29 is 9.53 Å². The predicted molar refractivity (Wildman–Crippen MR) is 79.0 cm³/mol. The zero-order valence-electron chi connectivity index (χ0n) is 11.7. The van der Waals surface area contributed by atoms with Crippen LogP contribution in [0.5, 0.6) is 5.75 Å². The van der Waals surface area contributed by atoms with Gasteiger partial charge >= 0.3 is 0 Å². The Kier molecular flexibility index (Phi) is 3.53. The summed E-state index contributed by atoms with van der Waals surface area (Å²) in [6.45, 7) is 1.75. The number of ether oxygens (including phenoxy) is 1. The minimum Gasteiger partial charge on any atom is -0.479 e. The van der Waals surface area contributed by atoms with E-state index in [0.29, 0.717) is 12.1 Å². The number of anilines is 2. The molecule has 108 valence electrons. The van der Waals surface area contributed by atoms with Crippen molar-refractivity contribution in [3.63, 3.8) is 0 Å². The molecule has 0 bridgehead atoms. The summed E-state index contributed by atoms with van der Waals surface area (Å²) in [6, 6.07) is 6.66. The van der Waals surface area contributed by atoms with Crippen LogP contribution in [0.25, 0.3) is 0 Å². The number of fused-ring (bicyclic) bond motifs is 1. The van der Waals surface area contributed by atoms with Gasteiger partial charge in [0.2, 0.25) is 0 Å². The fraction of sp³-hybridized carbons (Fsp3) is 0.533. The molecule has 5 heteroatoms. The van der Waals surface area contributed by atoms with E-state index in [2.05, 4.69) is 10.6 Å². The van der Waals surface area contributed by atoms with Crippen molar-refractivity contribution >= 4 is 17.3 Å². The van der Waals surface area contributed by atoms with Gasteiger partial charge in [0.1, 0.15) is 5.75 Å². The van der Waals surface area contributed by atoms with E-state index in [1.54, 1.807) is 6.92 Å². The van der Waals surface area contributed by atoms with Crippen molar-refractivity contribution in [1.82, 2.24) is 0 Å². The topological polar surface area (TPSA) is 76.4 Å². The van der Waals surface area contributed by atoms with E-state index in [4.69, 9.17) is 10.5 Å². The molecule has 1 amide bonds. The molecule has 1 fully saturated rings. The first-order valence-corrected chi connectivity index (χ1v) is 7.25. The summed E-state index contributed by atoms with van der Waals surface area (Å²) in [6.07, 6.45) is 3.90. The fourth-order valence-electron chi connectivity index (χ4n) is 2.80. The molecule has 1 heterocycles. The molecule has 20 heavy (non-hydrogen) atoms. The summed E-state index contributed by atoms with van der Waals surface area (Å²) in [7, 11) is 0. The van der Waals surface area contributed by atoms with E-state index in [1.807, 2.05) is 18.2 Å². The Morgan fingerprint density at radius 2 is 2.05 bits per heavy atom. The van der Waals surface area contributed by atoms with Gasteiger partial charge in [-0.2, -0.15) is 0 Å². The number of benzene rings is 1. The second kappa shape index (κ2) is 5.32. The molecule has 1 atom stereocenters. The van der Waals surface area contributed by atoms with E-state index >= 15 is 0 Å². The van der Waals surface area contributed by atoms with E-state index in [1.165, 1.54) is 0 Å². The van der Waals surface area contributed by atoms with Crippen LogP contribution in [0, 0.1) is 0 Å². The average molecular weight is 275 g/mol. The third-order valence-electron chi connectivity index (χ3n) is 4.05. The molecule has 3 rings (SSSR count). The van der Waals surface area contributed by atoms with Crippen LogP contribution in [0.4, 0.5) is 11.4 Å². The minimum atomic E-state index is -0.429. The van der Waals surface area contributed by atoms with Gasteiger partial charge < -0.3 is 21.1 Å². The molecule has 1 unspecified atom stereocenters. The molecule has 0 radical (unpaired) electrons. The smallest absolute Gasteiger partial charge is 0.265 e. The molecule has 4 N–H and O–H groups in total. The van der Waals surface area contributed by atoms with E-state index in [0.717, 1.165) is 42.8 Å². The van der Waals surface area contributed by atoms with Crippen LogP contribution in [0.15, 0.2) is 18.2 Å². The van der Waals surface area contributed by atoms with Gasteiger partial charge in [-0.25, -0.2) is 0 Å².